The molecule has 2 aliphatic carbocycles. The number of ether oxygens (including phenoxy) is 3. The lowest BCUT2D eigenvalue weighted by atomic mass is 9.85. The van der Waals surface area contributed by atoms with Crippen LogP contribution < -0.4 is 14.4 Å². The normalized spacial score (nSPS) is 22.5. The molecule has 202 valence electrons. The van der Waals surface area contributed by atoms with Crippen LogP contribution in [0.25, 0.3) is 5.57 Å². The summed E-state index contributed by atoms with van der Waals surface area (Å²) in [6, 6.07) is 22.2. The first-order chi connectivity index (χ1) is 19.5. The summed E-state index contributed by atoms with van der Waals surface area (Å²) in [6.07, 6.45) is 4.13. The van der Waals surface area contributed by atoms with Crippen molar-refractivity contribution < 1.29 is 28.6 Å². The minimum Gasteiger partial charge on any atom is -0.497 e. The number of anilines is 1. The molecule has 7 nitrogen and oxygen atoms in total. The molecule has 1 saturated carbocycles. The molecule has 0 radical (unpaired) electrons. The van der Waals surface area contributed by atoms with E-state index < -0.39 is 17.8 Å². The van der Waals surface area contributed by atoms with Gasteiger partial charge in [0.15, 0.2) is 0 Å². The van der Waals surface area contributed by atoms with Crippen LogP contribution in [0.1, 0.15) is 28.4 Å². The van der Waals surface area contributed by atoms with Crippen molar-refractivity contribution in [3.8, 4) is 11.5 Å². The standard InChI is InChI=1S/C33H29NO6/c1-4-40-33(37)21-6-5-7-22(18-21)34-31(35)29-25-16-17-26(30(29)32(34)36)28(25)27(19-8-12-23(38-2)13-9-19)20-10-14-24(39-3)15-11-20/h5-18,25-26,29-30H,4H2,1-3H3/t25-,26-,29-,30+/m0/s1. The van der Waals surface area contributed by atoms with Crippen LogP contribution in [0.3, 0.4) is 0 Å². The molecule has 4 atom stereocenters. The van der Waals surface area contributed by atoms with E-state index in [0.29, 0.717) is 11.3 Å². The van der Waals surface area contributed by atoms with Crippen LogP contribution in [0, 0.1) is 23.7 Å². The summed E-state index contributed by atoms with van der Waals surface area (Å²) in [5, 5.41) is 0. The van der Waals surface area contributed by atoms with Crippen LogP contribution in [-0.2, 0) is 14.3 Å². The van der Waals surface area contributed by atoms with Crippen molar-refractivity contribution in [3.05, 3.63) is 107 Å². The molecule has 3 aliphatic rings. The van der Waals surface area contributed by atoms with Crippen molar-refractivity contribution in [1.82, 2.24) is 0 Å². The minimum absolute atomic E-state index is 0.219. The summed E-state index contributed by atoms with van der Waals surface area (Å²) >= 11 is 0. The molecular formula is C33H29NO6. The summed E-state index contributed by atoms with van der Waals surface area (Å²) in [6.45, 7) is 1.97. The van der Waals surface area contributed by atoms with Gasteiger partial charge in [-0.3, -0.25) is 9.59 Å². The molecule has 2 bridgehead atoms. The fourth-order valence-corrected chi connectivity index (χ4v) is 6.35. The van der Waals surface area contributed by atoms with E-state index in [2.05, 4.69) is 12.2 Å². The smallest absolute Gasteiger partial charge is 0.338 e. The minimum atomic E-state index is -0.504. The second-order valence-electron chi connectivity index (χ2n) is 10.1. The Balaban J connectivity index is 1.42. The zero-order valence-corrected chi connectivity index (χ0v) is 22.5. The number of nitrogens with zero attached hydrogens (tertiary/aromatic N) is 1. The number of hydrogen-bond acceptors (Lipinski definition) is 6. The number of esters is 1. The summed E-state index contributed by atoms with van der Waals surface area (Å²) in [5.74, 6) is -0.919. The first-order valence-electron chi connectivity index (χ1n) is 13.3. The zero-order valence-electron chi connectivity index (χ0n) is 22.5. The molecule has 1 aliphatic heterocycles. The second kappa shape index (κ2) is 10.2. The lowest BCUT2D eigenvalue weighted by molar-refractivity contribution is -0.122. The number of imide groups is 1. The van der Waals surface area contributed by atoms with E-state index in [0.717, 1.165) is 33.8 Å². The summed E-state index contributed by atoms with van der Waals surface area (Å²) in [4.78, 5) is 41.4. The number of benzene rings is 3. The molecule has 0 aromatic heterocycles. The average Bonchev–Trinajstić information content (AvgIpc) is 3.62. The molecule has 1 saturated heterocycles. The highest BCUT2D eigenvalue weighted by Crippen LogP contribution is 2.59. The van der Waals surface area contributed by atoms with Crippen molar-refractivity contribution >= 4 is 29.0 Å². The van der Waals surface area contributed by atoms with Gasteiger partial charge in [-0.15, -0.1) is 0 Å². The van der Waals surface area contributed by atoms with Gasteiger partial charge in [-0.25, -0.2) is 9.69 Å². The Morgan fingerprint density at radius 2 is 1.27 bits per heavy atom. The maximum absolute atomic E-state index is 13.9. The van der Waals surface area contributed by atoms with Gasteiger partial charge in [0.1, 0.15) is 11.5 Å². The van der Waals surface area contributed by atoms with Crippen molar-refractivity contribution in [3.63, 3.8) is 0 Å². The van der Waals surface area contributed by atoms with E-state index in [4.69, 9.17) is 14.2 Å². The lowest BCUT2D eigenvalue weighted by Crippen LogP contribution is -2.33. The van der Waals surface area contributed by atoms with E-state index in [1.807, 2.05) is 48.5 Å². The topological polar surface area (TPSA) is 82.1 Å². The Hall–Kier alpha value is -4.65. The van der Waals surface area contributed by atoms with Crippen LogP contribution in [0.2, 0.25) is 0 Å². The molecular weight excluding hydrogens is 506 g/mol. The molecule has 3 aromatic rings. The maximum atomic E-state index is 13.9. The molecule has 6 rings (SSSR count). The van der Waals surface area contributed by atoms with Crippen LogP contribution in [0.15, 0.2) is 90.5 Å². The van der Waals surface area contributed by atoms with Gasteiger partial charge < -0.3 is 14.2 Å². The highest BCUT2D eigenvalue weighted by atomic mass is 16.5. The number of methoxy groups -OCH3 is 2. The fourth-order valence-electron chi connectivity index (χ4n) is 6.35. The Bertz CT molecular complexity index is 1470. The molecule has 2 fully saturated rings. The van der Waals surface area contributed by atoms with Crippen molar-refractivity contribution in [2.75, 3.05) is 25.7 Å². The Morgan fingerprint density at radius 3 is 1.75 bits per heavy atom. The lowest BCUT2D eigenvalue weighted by Gasteiger charge is -2.22. The van der Waals surface area contributed by atoms with E-state index in [1.54, 1.807) is 45.4 Å². The third-order valence-electron chi connectivity index (χ3n) is 8.08. The van der Waals surface area contributed by atoms with Gasteiger partial charge >= 0.3 is 5.97 Å². The van der Waals surface area contributed by atoms with E-state index in [9.17, 15) is 14.4 Å². The maximum Gasteiger partial charge on any atom is 0.338 e. The molecule has 2 amide bonds. The highest BCUT2D eigenvalue weighted by Gasteiger charge is 2.62. The number of fused-ring (bicyclic) bond motifs is 5. The Morgan fingerprint density at radius 1 is 0.750 bits per heavy atom. The average molecular weight is 536 g/mol. The number of carbonyl (C=O) groups is 3. The van der Waals surface area contributed by atoms with E-state index in [1.165, 1.54) is 4.90 Å². The molecule has 0 N–H and O–H groups in total. The van der Waals surface area contributed by atoms with Gasteiger partial charge in [-0.1, -0.05) is 42.5 Å². The van der Waals surface area contributed by atoms with Crippen LogP contribution in [0.5, 0.6) is 11.5 Å². The number of allylic oxidation sites excluding steroid dienone is 3. The first-order valence-corrected chi connectivity index (χ1v) is 13.3. The SMILES string of the molecule is CCOC(=O)c1cccc(N2C(=O)[C@@H]3[C@H](C2=O)[C@H]2C=C[C@H]3C2=C(c2ccc(OC)cc2)c2ccc(OC)cc2)c1. The van der Waals surface area contributed by atoms with Crippen LogP contribution >= 0.6 is 0 Å². The third kappa shape index (κ3) is 4.01. The van der Waals surface area contributed by atoms with E-state index in [-0.39, 0.29) is 30.3 Å². The zero-order chi connectivity index (χ0) is 28.0. The molecule has 3 aromatic carbocycles. The largest absolute Gasteiger partial charge is 0.497 e. The number of rotatable bonds is 7. The van der Waals surface area contributed by atoms with Gasteiger partial charge in [0, 0.05) is 11.8 Å². The first kappa shape index (κ1) is 25.6. The predicted octanol–water partition coefficient (Wildman–Crippen LogP) is 5.30. The Kier molecular flexibility index (Phi) is 6.50. The van der Waals surface area contributed by atoms with Crippen molar-refractivity contribution in [2.24, 2.45) is 23.7 Å². The Labute approximate surface area is 232 Å². The van der Waals surface area contributed by atoms with Crippen molar-refractivity contribution in [1.29, 1.82) is 0 Å². The van der Waals surface area contributed by atoms with Gasteiger partial charge in [0.25, 0.3) is 0 Å². The number of amides is 2. The van der Waals surface area contributed by atoms with Crippen LogP contribution in [0.4, 0.5) is 5.69 Å². The highest BCUT2D eigenvalue weighted by molar-refractivity contribution is 6.23. The summed E-state index contributed by atoms with van der Waals surface area (Å²) < 4.78 is 15.9. The van der Waals surface area contributed by atoms with Gasteiger partial charge in [-0.05, 0) is 71.7 Å². The molecule has 7 heteroatoms. The molecule has 0 unspecified atom stereocenters. The second-order valence-corrected chi connectivity index (χ2v) is 10.1. The fraction of sp³-hybridized carbons (Fsp3) is 0.242. The quantitative estimate of drug-likeness (QED) is 0.232. The summed E-state index contributed by atoms with van der Waals surface area (Å²) in [5.41, 5.74) is 4.76. The van der Waals surface area contributed by atoms with Crippen molar-refractivity contribution in [2.45, 2.75) is 6.92 Å². The van der Waals surface area contributed by atoms with E-state index >= 15 is 0 Å². The molecule has 40 heavy (non-hydrogen) atoms. The van der Waals surface area contributed by atoms with Gasteiger partial charge in [-0.2, -0.15) is 0 Å². The third-order valence-corrected chi connectivity index (χ3v) is 8.08. The summed E-state index contributed by atoms with van der Waals surface area (Å²) in [7, 11) is 3.26. The number of carbonyl (C=O) groups excluding carboxylic acids is 3. The van der Waals surface area contributed by atoms with Crippen LogP contribution in [-0.4, -0.2) is 38.6 Å². The predicted molar refractivity (Wildman–Crippen MR) is 150 cm³/mol. The monoisotopic (exact) mass is 535 g/mol. The number of hydrogen-bond donors (Lipinski definition) is 0. The van der Waals surface area contributed by atoms with Gasteiger partial charge in [0.2, 0.25) is 11.8 Å². The molecule has 0 spiro atoms. The van der Waals surface area contributed by atoms with Gasteiger partial charge in [0.05, 0.1) is 43.9 Å². The molecule has 1 heterocycles.